The fourth-order valence-corrected chi connectivity index (χ4v) is 1.75. The molecule has 0 saturated carbocycles. The minimum atomic E-state index is 0.0352. The van der Waals surface area contributed by atoms with E-state index >= 15 is 0 Å². The molecular weight excluding hydrogens is 224 g/mol. The second-order valence-electron chi connectivity index (χ2n) is 4.28. The molecule has 3 nitrogen and oxygen atoms in total. The Hall–Kier alpha value is -1.38. The Labute approximate surface area is 111 Å². The summed E-state index contributed by atoms with van der Waals surface area (Å²) < 4.78 is 0. The molecule has 3 heteroatoms. The third-order valence-electron chi connectivity index (χ3n) is 2.80. The molecule has 0 aromatic carbocycles. The highest BCUT2D eigenvalue weighted by Crippen LogP contribution is 2.17. The van der Waals surface area contributed by atoms with Crippen LogP contribution in [0.4, 0.5) is 0 Å². The topological polar surface area (TPSA) is 32.7 Å². The molecule has 1 saturated heterocycles. The number of amides is 1. The Morgan fingerprint density at radius 1 is 1.44 bits per heavy atom. The lowest BCUT2D eigenvalue weighted by molar-refractivity contribution is -0.126. The number of carbonyl (C=O) groups is 1. The zero-order valence-corrected chi connectivity index (χ0v) is 12.4. The van der Waals surface area contributed by atoms with E-state index in [9.17, 15) is 4.79 Å². The Bertz CT molecular complexity index is 342. The maximum Gasteiger partial charge on any atom is 0.272 e. The predicted molar refractivity (Wildman–Crippen MR) is 78.8 cm³/mol. The normalized spacial score (nSPS) is 20.3. The second kappa shape index (κ2) is 8.67. The molecule has 0 radical (unpaired) electrons. The predicted octanol–water partition coefficient (Wildman–Crippen LogP) is 3.43. The smallest absolute Gasteiger partial charge is 0.272 e. The number of rotatable bonds is 3. The number of allylic oxidation sites excluding steroid dienone is 2. The van der Waals surface area contributed by atoms with E-state index in [0.717, 1.165) is 25.2 Å². The van der Waals surface area contributed by atoms with Crippen molar-refractivity contribution in [1.82, 2.24) is 4.90 Å². The lowest BCUT2D eigenvalue weighted by Crippen LogP contribution is -2.29. The van der Waals surface area contributed by atoms with Crippen molar-refractivity contribution in [1.29, 1.82) is 0 Å². The molecule has 0 aromatic heterocycles. The van der Waals surface area contributed by atoms with Crippen LogP contribution in [0.25, 0.3) is 0 Å². The Morgan fingerprint density at radius 2 is 2.06 bits per heavy atom. The quantitative estimate of drug-likeness (QED) is 0.558. The molecule has 1 aliphatic rings. The number of carbonyl (C=O) groups excluding carboxylic acids is 1. The summed E-state index contributed by atoms with van der Waals surface area (Å²) in [5.74, 6) is 0.639. The first-order valence-corrected chi connectivity index (χ1v) is 6.71. The zero-order chi connectivity index (χ0) is 14.1. The standard InChI is InChI=1S/C13H20N2O.C2H6/c1-5-11(4)14-12(6-2)13(16)15-8-7-10(3)9-15;1-2/h5-6,10H,1,7-9H2,2-4H3;1-2H3/b12-6-,14-11?;. The molecule has 0 aliphatic carbocycles. The molecule has 0 bridgehead atoms. The summed E-state index contributed by atoms with van der Waals surface area (Å²) in [5.41, 5.74) is 1.29. The average Bonchev–Trinajstić information content (AvgIpc) is 2.83. The van der Waals surface area contributed by atoms with Gasteiger partial charge in [-0.3, -0.25) is 4.79 Å². The minimum Gasteiger partial charge on any atom is -0.337 e. The van der Waals surface area contributed by atoms with E-state index in [1.165, 1.54) is 0 Å². The van der Waals surface area contributed by atoms with Gasteiger partial charge in [0.05, 0.1) is 0 Å². The molecule has 1 atom stereocenters. The van der Waals surface area contributed by atoms with Crippen molar-refractivity contribution < 1.29 is 4.79 Å². The highest BCUT2D eigenvalue weighted by atomic mass is 16.2. The van der Waals surface area contributed by atoms with Gasteiger partial charge in [0.15, 0.2) is 0 Å². The Balaban J connectivity index is 0.00000137. The lowest BCUT2D eigenvalue weighted by atomic mass is 10.2. The van der Waals surface area contributed by atoms with Gasteiger partial charge in [0.2, 0.25) is 0 Å². The highest BCUT2D eigenvalue weighted by Gasteiger charge is 2.25. The van der Waals surface area contributed by atoms with Crippen molar-refractivity contribution in [3.63, 3.8) is 0 Å². The monoisotopic (exact) mass is 250 g/mol. The van der Waals surface area contributed by atoms with E-state index in [-0.39, 0.29) is 5.91 Å². The number of hydrogen-bond acceptors (Lipinski definition) is 2. The maximum absolute atomic E-state index is 12.1. The first-order chi connectivity index (χ1) is 8.58. The average molecular weight is 250 g/mol. The van der Waals surface area contributed by atoms with Crippen molar-refractivity contribution in [2.75, 3.05) is 13.1 Å². The molecule has 18 heavy (non-hydrogen) atoms. The van der Waals surface area contributed by atoms with Gasteiger partial charge in [-0.05, 0) is 32.3 Å². The molecule has 1 rings (SSSR count). The number of aliphatic imine (C=N–C) groups is 1. The van der Waals surface area contributed by atoms with Gasteiger partial charge in [0.1, 0.15) is 5.70 Å². The SMILES string of the molecule is C=CC(C)=N/C(=C\C)C(=O)N1CCC(C)C1.CC. The van der Waals surface area contributed by atoms with Gasteiger partial charge in [-0.15, -0.1) is 0 Å². The van der Waals surface area contributed by atoms with Crippen LogP contribution < -0.4 is 0 Å². The van der Waals surface area contributed by atoms with Crippen molar-refractivity contribution >= 4 is 11.6 Å². The third-order valence-corrected chi connectivity index (χ3v) is 2.80. The van der Waals surface area contributed by atoms with Crippen LogP contribution in [-0.2, 0) is 4.79 Å². The molecule has 1 heterocycles. The van der Waals surface area contributed by atoms with E-state index in [0.29, 0.717) is 11.6 Å². The molecule has 1 amide bonds. The number of likely N-dealkylation sites (tertiary alicyclic amines) is 1. The fraction of sp³-hybridized carbons (Fsp3) is 0.600. The minimum absolute atomic E-state index is 0.0352. The van der Waals surface area contributed by atoms with Gasteiger partial charge in [-0.25, -0.2) is 4.99 Å². The Kier molecular flexibility index (Phi) is 8.01. The van der Waals surface area contributed by atoms with Crippen LogP contribution in [0.15, 0.2) is 29.4 Å². The molecular formula is C15H26N2O. The third kappa shape index (κ3) is 4.86. The van der Waals surface area contributed by atoms with Crippen LogP contribution in [-0.4, -0.2) is 29.6 Å². The number of nitrogens with zero attached hydrogens (tertiary/aromatic N) is 2. The highest BCUT2D eigenvalue weighted by molar-refractivity contribution is 6.00. The van der Waals surface area contributed by atoms with E-state index in [1.807, 2.05) is 32.6 Å². The van der Waals surface area contributed by atoms with Crippen LogP contribution in [0.3, 0.4) is 0 Å². The molecule has 0 aromatic rings. The molecule has 1 aliphatic heterocycles. The van der Waals surface area contributed by atoms with Crippen LogP contribution in [0.1, 0.15) is 41.0 Å². The molecule has 0 N–H and O–H groups in total. The van der Waals surface area contributed by atoms with Crippen molar-refractivity contribution in [3.8, 4) is 0 Å². The molecule has 102 valence electrons. The van der Waals surface area contributed by atoms with Crippen LogP contribution in [0, 0.1) is 5.92 Å². The van der Waals surface area contributed by atoms with Gasteiger partial charge in [0, 0.05) is 18.8 Å². The van der Waals surface area contributed by atoms with Gasteiger partial charge >= 0.3 is 0 Å². The first kappa shape index (κ1) is 16.6. The summed E-state index contributed by atoms with van der Waals surface area (Å²) in [4.78, 5) is 18.2. The first-order valence-electron chi connectivity index (χ1n) is 6.71. The lowest BCUT2D eigenvalue weighted by Gasteiger charge is -2.15. The van der Waals surface area contributed by atoms with Crippen molar-refractivity contribution in [2.45, 2.75) is 41.0 Å². The van der Waals surface area contributed by atoms with E-state index in [4.69, 9.17) is 0 Å². The zero-order valence-electron chi connectivity index (χ0n) is 12.4. The van der Waals surface area contributed by atoms with Crippen LogP contribution in [0.5, 0.6) is 0 Å². The fourth-order valence-electron chi connectivity index (χ4n) is 1.75. The van der Waals surface area contributed by atoms with Crippen LogP contribution in [0.2, 0.25) is 0 Å². The molecule has 1 unspecified atom stereocenters. The van der Waals surface area contributed by atoms with E-state index in [1.54, 1.807) is 12.2 Å². The largest absolute Gasteiger partial charge is 0.337 e. The summed E-state index contributed by atoms with van der Waals surface area (Å²) in [5, 5.41) is 0. The van der Waals surface area contributed by atoms with E-state index < -0.39 is 0 Å². The van der Waals surface area contributed by atoms with E-state index in [2.05, 4.69) is 18.5 Å². The van der Waals surface area contributed by atoms with Gasteiger partial charge in [-0.1, -0.05) is 33.4 Å². The summed E-state index contributed by atoms with van der Waals surface area (Å²) in [6, 6.07) is 0. The summed E-state index contributed by atoms with van der Waals surface area (Å²) >= 11 is 0. The maximum atomic E-state index is 12.1. The van der Waals surface area contributed by atoms with Gasteiger partial charge < -0.3 is 4.90 Å². The molecule has 0 spiro atoms. The van der Waals surface area contributed by atoms with Gasteiger partial charge in [-0.2, -0.15) is 0 Å². The molecule has 1 fully saturated rings. The summed E-state index contributed by atoms with van der Waals surface area (Å²) in [7, 11) is 0. The number of hydrogen-bond donors (Lipinski definition) is 0. The Morgan fingerprint density at radius 3 is 2.44 bits per heavy atom. The van der Waals surface area contributed by atoms with Gasteiger partial charge in [0.25, 0.3) is 5.91 Å². The second-order valence-corrected chi connectivity index (χ2v) is 4.28. The van der Waals surface area contributed by atoms with Crippen molar-refractivity contribution in [3.05, 3.63) is 24.4 Å². The van der Waals surface area contributed by atoms with Crippen molar-refractivity contribution in [2.24, 2.45) is 10.9 Å². The summed E-state index contributed by atoms with van der Waals surface area (Å²) in [6.45, 7) is 15.2. The summed E-state index contributed by atoms with van der Waals surface area (Å²) in [6.07, 6.45) is 4.51. The van der Waals surface area contributed by atoms with Crippen LogP contribution >= 0.6 is 0 Å².